The van der Waals surface area contributed by atoms with E-state index in [9.17, 15) is 8.42 Å². The summed E-state index contributed by atoms with van der Waals surface area (Å²) in [5, 5.41) is 0. The molecule has 0 atom stereocenters. The molecule has 0 fully saturated rings. The van der Waals surface area contributed by atoms with Crippen LogP contribution in [0.5, 0.6) is 0 Å². The van der Waals surface area contributed by atoms with Gasteiger partial charge in [0.05, 0.1) is 0 Å². The Hall–Kier alpha value is 0.160. The minimum Gasteiger partial charge on any atom is -0.304 e. The second-order valence-corrected chi connectivity index (χ2v) is 5.10. The minimum atomic E-state index is -3.53. The van der Waals surface area contributed by atoms with Gasteiger partial charge in [-0.05, 0) is 26.1 Å². The van der Waals surface area contributed by atoms with Gasteiger partial charge < -0.3 is 4.90 Å². The first-order valence-electron chi connectivity index (χ1n) is 4.41. The van der Waals surface area contributed by atoms with Gasteiger partial charge in [0, 0.05) is 17.2 Å². The van der Waals surface area contributed by atoms with Crippen molar-refractivity contribution in [1.82, 2.24) is 9.62 Å². The topological polar surface area (TPSA) is 49.4 Å². The van der Waals surface area contributed by atoms with Crippen molar-refractivity contribution in [2.75, 3.05) is 26.2 Å². The Morgan fingerprint density at radius 1 is 1.31 bits per heavy atom. The molecule has 0 spiro atoms. The summed E-state index contributed by atoms with van der Waals surface area (Å²) in [7, 11) is 1.43. The van der Waals surface area contributed by atoms with E-state index in [1.807, 2.05) is 0 Å². The number of halogens is 1. The van der Waals surface area contributed by atoms with Crippen LogP contribution >= 0.6 is 10.7 Å². The summed E-state index contributed by atoms with van der Waals surface area (Å²) in [6.07, 6.45) is 0.785. The molecule has 6 heteroatoms. The second kappa shape index (κ2) is 6.59. The zero-order valence-electron chi connectivity index (χ0n) is 8.09. The van der Waals surface area contributed by atoms with Crippen molar-refractivity contribution >= 4 is 19.9 Å². The van der Waals surface area contributed by atoms with E-state index in [-0.39, 0.29) is 0 Å². The molecule has 13 heavy (non-hydrogen) atoms. The van der Waals surface area contributed by atoms with Crippen LogP contribution in [0.1, 0.15) is 20.3 Å². The lowest BCUT2D eigenvalue weighted by Crippen LogP contribution is -2.28. The Labute approximate surface area is 84.8 Å². The van der Waals surface area contributed by atoms with Gasteiger partial charge in [-0.1, -0.05) is 13.8 Å². The van der Waals surface area contributed by atoms with Gasteiger partial charge in [-0.3, -0.25) is 0 Å². The van der Waals surface area contributed by atoms with E-state index in [4.69, 9.17) is 10.7 Å². The average molecular weight is 229 g/mol. The van der Waals surface area contributed by atoms with Crippen LogP contribution in [0, 0.1) is 0 Å². The number of hydrogen-bond donors (Lipinski definition) is 1. The molecule has 0 aliphatic rings. The lowest BCUT2D eigenvalue weighted by Gasteiger charge is -2.17. The van der Waals surface area contributed by atoms with Crippen LogP contribution in [0.25, 0.3) is 0 Å². The first-order valence-corrected chi connectivity index (χ1v) is 6.72. The van der Waals surface area contributed by atoms with Crippen LogP contribution in [0.3, 0.4) is 0 Å². The molecule has 1 N–H and O–H groups in total. The number of hydrogen-bond acceptors (Lipinski definition) is 3. The third-order valence-corrected chi connectivity index (χ3v) is 2.70. The highest BCUT2D eigenvalue weighted by Gasteiger charge is 2.03. The maximum atomic E-state index is 10.5. The van der Waals surface area contributed by atoms with E-state index >= 15 is 0 Å². The van der Waals surface area contributed by atoms with E-state index in [0.717, 1.165) is 26.1 Å². The fourth-order valence-electron chi connectivity index (χ4n) is 1.04. The maximum absolute atomic E-state index is 10.5. The highest BCUT2D eigenvalue weighted by molar-refractivity contribution is 8.12. The Morgan fingerprint density at radius 3 is 2.23 bits per heavy atom. The molecule has 80 valence electrons. The van der Waals surface area contributed by atoms with Crippen LogP contribution < -0.4 is 4.72 Å². The fourth-order valence-corrected chi connectivity index (χ4v) is 1.66. The largest absolute Gasteiger partial charge is 0.304 e. The van der Waals surface area contributed by atoms with Crippen LogP contribution in [0.2, 0.25) is 0 Å². The molecule has 4 nitrogen and oxygen atoms in total. The van der Waals surface area contributed by atoms with Gasteiger partial charge in [-0.2, -0.15) is 8.42 Å². The lowest BCUT2D eigenvalue weighted by molar-refractivity contribution is 0.300. The molecule has 0 aromatic carbocycles. The number of rotatable bonds is 7. The monoisotopic (exact) mass is 228 g/mol. The van der Waals surface area contributed by atoms with Gasteiger partial charge in [0.25, 0.3) is 9.24 Å². The Bertz CT molecular complexity index is 215. The van der Waals surface area contributed by atoms with Gasteiger partial charge in [0.2, 0.25) is 0 Å². The summed E-state index contributed by atoms with van der Waals surface area (Å²) >= 11 is 0. The van der Waals surface area contributed by atoms with Crippen molar-refractivity contribution in [3.63, 3.8) is 0 Å². The van der Waals surface area contributed by atoms with E-state index in [1.54, 1.807) is 0 Å². The molecule has 0 aromatic heterocycles. The zero-order valence-corrected chi connectivity index (χ0v) is 9.66. The van der Waals surface area contributed by atoms with E-state index in [2.05, 4.69) is 23.5 Å². The predicted octanol–water partition coefficient (Wildman–Crippen LogP) is 0.791. The molecule has 0 heterocycles. The molecule has 0 aromatic rings. The van der Waals surface area contributed by atoms with Gasteiger partial charge in [0.15, 0.2) is 0 Å². The molecular weight excluding hydrogens is 212 g/mol. The lowest BCUT2D eigenvalue weighted by atomic mass is 10.4. The Balaban J connectivity index is 3.45. The predicted molar refractivity (Wildman–Crippen MR) is 55.2 cm³/mol. The van der Waals surface area contributed by atoms with Crippen LogP contribution in [-0.4, -0.2) is 39.5 Å². The van der Waals surface area contributed by atoms with Gasteiger partial charge in [-0.15, -0.1) is 0 Å². The molecule has 0 bridgehead atoms. The first-order chi connectivity index (χ1) is 5.99. The van der Waals surface area contributed by atoms with Crippen molar-refractivity contribution in [1.29, 1.82) is 0 Å². The molecule has 0 saturated heterocycles. The van der Waals surface area contributed by atoms with Crippen molar-refractivity contribution in [2.24, 2.45) is 0 Å². The fraction of sp³-hybridized carbons (Fsp3) is 1.00. The maximum Gasteiger partial charge on any atom is 0.297 e. The standard InChI is InChI=1S/C7H17ClN2O2S/c1-3-10(4-2)7-5-6-9-13(8,11)12/h9H,3-7H2,1-2H3. The second-order valence-electron chi connectivity index (χ2n) is 2.71. The SMILES string of the molecule is CCN(CC)CCCNS(=O)(=O)Cl. The normalized spacial score (nSPS) is 12.3. The summed E-state index contributed by atoms with van der Waals surface area (Å²) in [4.78, 5) is 2.22. The molecule has 0 saturated carbocycles. The van der Waals surface area contributed by atoms with Crippen molar-refractivity contribution in [3.8, 4) is 0 Å². The Morgan fingerprint density at radius 2 is 1.85 bits per heavy atom. The Kier molecular flexibility index (Phi) is 6.67. The summed E-state index contributed by atoms with van der Waals surface area (Å²) in [5.74, 6) is 0. The van der Waals surface area contributed by atoms with E-state index in [1.165, 1.54) is 0 Å². The smallest absolute Gasteiger partial charge is 0.297 e. The molecule has 0 unspecified atom stereocenters. The summed E-state index contributed by atoms with van der Waals surface area (Å²) in [6, 6.07) is 0. The van der Waals surface area contributed by atoms with Crippen LogP contribution in [-0.2, 0) is 9.24 Å². The van der Waals surface area contributed by atoms with Crippen LogP contribution in [0.15, 0.2) is 0 Å². The molecule has 0 radical (unpaired) electrons. The van der Waals surface area contributed by atoms with Gasteiger partial charge >= 0.3 is 0 Å². The third kappa shape index (κ3) is 8.49. The average Bonchev–Trinajstić information content (AvgIpc) is 2.03. The summed E-state index contributed by atoms with van der Waals surface area (Å²) in [5.41, 5.74) is 0. The van der Waals surface area contributed by atoms with E-state index < -0.39 is 9.24 Å². The van der Waals surface area contributed by atoms with Gasteiger partial charge in [-0.25, -0.2) is 4.72 Å². The van der Waals surface area contributed by atoms with Crippen molar-refractivity contribution in [3.05, 3.63) is 0 Å². The van der Waals surface area contributed by atoms with Gasteiger partial charge in [0.1, 0.15) is 0 Å². The van der Waals surface area contributed by atoms with Crippen LogP contribution in [0.4, 0.5) is 0 Å². The first kappa shape index (κ1) is 13.2. The zero-order chi connectivity index (χ0) is 10.3. The molecule has 0 amide bonds. The molecule has 0 aliphatic heterocycles. The quantitative estimate of drug-likeness (QED) is 0.518. The molecule has 0 aliphatic carbocycles. The number of nitrogens with zero attached hydrogens (tertiary/aromatic N) is 1. The van der Waals surface area contributed by atoms with E-state index in [0.29, 0.717) is 6.54 Å². The highest BCUT2D eigenvalue weighted by atomic mass is 35.7. The molecular formula is C7H17ClN2O2S. The third-order valence-electron chi connectivity index (χ3n) is 1.82. The summed E-state index contributed by atoms with van der Waals surface area (Å²) < 4.78 is 23.1. The highest BCUT2D eigenvalue weighted by Crippen LogP contribution is 1.92. The molecule has 0 rings (SSSR count). The minimum absolute atomic E-state index is 0.405. The summed E-state index contributed by atoms with van der Waals surface area (Å²) in [6.45, 7) is 7.44. The van der Waals surface area contributed by atoms with Crippen molar-refractivity contribution in [2.45, 2.75) is 20.3 Å². The number of nitrogens with one attached hydrogen (secondary N) is 1. The van der Waals surface area contributed by atoms with Crippen molar-refractivity contribution < 1.29 is 8.42 Å².